The average Bonchev–Trinajstić information content (AvgIpc) is 3.18. The summed E-state index contributed by atoms with van der Waals surface area (Å²) in [6, 6.07) is 8.17. The van der Waals surface area contributed by atoms with Crippen LogP contribution in [0.4, 0.5) is 33.3 Å². The Bertz CT molecular complexity index is 1710. The molecule has 0 radical (unpaired) electrons. The number of carbonyl (C=O) groups excluding carboxylic acids is 2. The number of hydrogen-bond acceptors (Lipinski definition) is 8. The van der Waals surface area contributed by atoms with Gasteiger partial charge in [0.1, 0.15) is 35.9 Å². The first-order valence-electron chi connectivity index (χ1n) is 13.7. The maximum atomic E-state index is 15.6. The maximum absolute atomic E-state index is 15.6. The number of aromatic nitrogens is 1. The van der Waals surface area contributed by atoms with Crippen LogP contribution in [0, 0.1) is 23.0 Å². The van der Waals surface area contributed by atoms with E-state index in [1.165, 1.54) is 36.9 Å². The lowest BCUT2D eigenvalue weighted by Gasteiger charge is -2.29. The molecule has 0 N–H and O–H groups in total. The normalized spacial score (nSPS) is 14.4. The summed E-state index contributed by atoms with van der Waals surface area (Å²) in [5.74, 6) is -3.35. The first-order valence-corrected chi connectivity index (χ1v) is 14.1. The van der Waals surface area contributed by atoms with Gasteiger partial charge < -0.3 is 23.9 Å². The molecule has 0 saturated carbocycles. The SMILES string of the molecule is COc1c(C#N)ccc(N2C(=O)C(C)(C)N(c3cnc(-c4ccc(OCCCCOCC=O)cc4C(F)(F)F)c(F)c3)C2=S)c1F. The standard InChI is InChI=1S/C31H27F5N4O5S/c1-30(2)28(42)39(24-9-6-18(16-37)27(43-3)25(24)33)29(46)40(30)19-14-23(32)26(38-17-19)21-8-7-20(15-22(21)31(34,35)36)45-12-5-4-11-44-13-10-41/h6-10,14-15,17H,4-5,11-13H2,1-3H3. The molecule has 1 saturated heterocycles. The van der Waals surface area contributed by atoms with Crippen LogP contribution in [0.3, 0.4) is 0 Å². The number of rotatable bonds is 12. The summed E-state index contributed by atoms with van der Waals surface area (Å²) in [6.07, 6.45) is -2.23. The molecule has 1 fully saturated rings. The highest BCUT2D eigenvalue weighted by Gasteiger charge is 2.51. The highest BCUT2D eigenvalue weighted by molar-refractivity contribution is 7.81. The van der Waals surface area contributed by atoms with E-state index in [4.69, 9.17) is 26.4 Å². The van der Waals surface area contributed by atoms with E-state index in [0.29, 0.717) is 25.7 Å². The van der Waals surface area contributed by atoms with E-state index in [1.54, 1.807) is 6.07 Å². The van der Waals surface area contributed by atoms with Crippen LogP contribution in [0.15, 0.2) is 42.6 Å². The van der Waals surface area contributed by atoms with Crippen LogP contribution in [0.25, 0.3) is 11.3 Å². The van der Waals surface area contributed by atoms with Gasteiger partial charge in [0.2, 0.25) is 0 Å². The van der Waals surface area contributed by atoms with Gasteiger partial charge in [0.25, 0.3) is 5.91 Å². The third-order valence-electron chi connectivity index (χ3n) is 7.08. The number of unbranched alkanes of at least 4 members (excludes halogenated alkanes) is 1. The molecule has 0 atom stereocenters. The van der Waals surface area contributed by atoms with Crippen molar-refractivity contribution in [3.63, 3.8) is 0 Å². The molecule has 9 nitrogen and oxygen atoms in total. The van der Waals surface area contributed by atoms with E-state index in [1.807, 2.05) is 0 Å². The van der Waals surface area contributed by atoms with Crippen molar-refractivity contribution in [2.75, 3.05) is 36.7 Å². The number of anilines is 2. The van der Waals surface area contributed by atoms with Crippen LogP contribution in [0.2, 0.25) is 0 Å². The number of carbonyl (C=O) groups is 2. The van der Waals surface area contributed by atoms with Gasteiger partial charge in [0.15, 0.2) is 22.5 Å². The molecule has 1 aliphatic rings. The minimum atomic E-state index is -4.89. The summed E-state index contributed by atoms with van der Waals surface area (Å²) in [4.78, 5) is 29.8. The summed E-state index contributed by atoms with van der Waals surface area (Å²) < 4.78 is 88.7. The van der Waals surface area contributed by atoms with Gasteiger partial charge in [-0.15, -0.1) is 0 Å². The van der Waals surface area contributed by atoms with E-state index < -0.39 is 51.8 Å². The molecule has 0 spiro atoms. The van der Waals surface area contributed by atoms with Gasteiger partial charge >= 0.3 is 6.18 Å². The second-order valence-electron chi connectivity index (χ2n) is 10.4. The number of aldehydes is 1. The smallest absolute Gasteiger partial charge is 0.417 e. The number of alkyl halides is 3. The van der Waals surface area contributed by atoms with Crippen molar-refractivity contribution in [1.29, 1.82) is 5.26 Å². The fraction of sp³-hybridized carbons (Fsp3) is 0.323. The van der Waals surface area contributed by atoms with E-state index in [9.17, 15) is 28.0 Å². The van der Waals surface area contributed by atoms with Gasteiger partial charge in [0.05, 0.1) is 42.4 Å². The lowest BCUT2D eigenvalue weighted by molar-refractivity contribution is -0.137. The molecule has 2 heterocycles. The molecule has 46 heavy (non-hydrogen) atoms. The van der Waals surface area contributed by atoms with Gasteiger partial charge in [-0.1, -0.05) is 0 Å². The van der Waals surface area contributed by atoms with E-state index in [0.717, 1.165) is 36.4 Å². The van der Waals surface area contributed by atoms with Crippen molar-refractivity contribution in [2.45, 2.75) is 38.4 Å². The Balaban J connectivity index is 1.64. The van der Waals surface area contributed by atoms with Gasteiger partial charge in [-0.05, 0) is 69.2 Å². The monoisotopic (exact) mass is 662 g/mol. The molecule has 0 bridgehead atoms. The molecule has 2 aromatic carbocycles. The Morgan fingerprint density at radius 1 is 1.11 bits per heavy atom. The first kappa shape index (κ1) is 34.2. The van der Waals surface area contributed by atoms with Crippen molar-refractivity contribution in [3.05, 3.63) is 65.4 Å². The molecule has 242 valence electrons. The summed E-state index contributed by atoms with van der Waals surface area (Å²) in [5.41, 5.74) is -4.33. The highest BCUT2D eigenvalue weighted by atomic mass is 32.1. The zero-order valence-corrected chi connectivity index (χ0v) is 25.6. The van der Waals surface area contributed by atoms with Crippen LogP contribution in [-0.4, -0.2) is 54.8 Å². The van der Waals surface area contributed by atoms with Crippen LogP contribution in [0.5, 0.6) is 11.5 Å². The molecule has 1 aromatic heterocycles. The topological polar surface area (TPSA) is 105 Å². The second-order valence-corrected chi connectivity index (χ2v) is 10.8. The minimum absolute atomic E-state index is 0.0455. The molecule has 1 aliphatic heterocycles. The van der Waals surface area contributed by atoms with Crippen molar-refractivity contribution >= 4 is 40.9 Å². The van der Waals surface area contributed by atoms with Gasteiger partial charge in [-0.25, -0.2) is 8.78 Å². The van der Waals surface area contributed by atoms with Gasteiger partial charge in [-0.2, -0.15) is 18.4 Å². The molecule has 0 unspecified atom stereocenters. The number of ether oxygens (including phenoxy) is 3. The van der Waals surface area contributed by atoms with E-state index >= 15 is 8.78 Å². The lowest BCUT2D eigenvalue weighted by Crippen LogP contribution is -2.44. The molecule has 3 aromatic rings. The third-order valence-corrected chi connectivity index (χ3v) is 7.45. The lowest BCUT2D eigenvalue weighted by atomic mass is 10.0. The molecular formula is C31H27F5N4O5S. The highest BCUT2D eigenvalue weighted by Crippen LogP contribution is 2.42. The zero-order valence-electron chi connectivity index (χ0n) is 24.8. The molecule has 15 heteroatoms. The summed E-state index contributed by atoms with van der Waals surface area (Å²) in [5, 5.41) is 8.99. The van der Waals surface area contributed by atoms with Crippen LogP contribution < -0.4 is 19.3 Å². The van der Waals surface area contributed by atoms with Gasteiger partial charge in [-0.3, -0.25) is 14.7 Å². The average molecular weight is 663 g/mol. The minimum Gasteiger partial charge on any atom is -0.494 e. The largest absolute Gasteiger partial charge is 0.494 e. The van der Waals surface area contributed by atoms with Crippen molar-refractivity contribution in [2.24, 2.45) is 0 Å². The molecular weight excluding hydrogens is 635 g/mol. The Hall–Kier alpha value is -4.68. The van der Waals surface area contributed by atoms with Crippen LogP contribution in [-0.2, 0) is 20.5 Å². The summed E-state index contributed by atoms with van der Waals surface area (Å²) in [7, 11) is 1.15. The molecule has 1 amide bonds. The first-order chi connectivity index (χ1) is 21.8. The van der Waals surface area contributed by atoms with Crippen molar-refractivity contribution < 1.29 is 45.8 Å². The van der Waals surface area contributed by atoms with E-state index in [2.05, 4.69) is 4.98 Å². The number of methoxy groups -OCH3 is 1. The Morgan fingerprint density at radius 2 is 1.83 bits per heavy atom. The number of thiocarbonyl (C=S) groups is 1. The fourth-order valence-electron chi connectivity index (χ4n) is 4.88. The third kappa shape index (κ3) is 6.63. The second kappa shape index (κ2) is 13.8. The Morgan fingerprint density at radius 3 is 2.46 bits per heavy atom. The van der Waals surface area contributed by atoms with Gasteiger partial charge in [0, 0.05) is 18.2 Å². The van der Waals surface area contributed by atoms with E-state index in [-0.39, 0.29) is 41.0 Å². The maximum Gasteiger partial charge on any atom is 0.417 e. The number of amides is 1. The predicted octanol–water partition coefficient (Wildman–Crippen LogP) is 6.22. The summed E-state index contributed by atoms with van der Waals surface area (Å²) in [6.45, 7) is 3.23. The summed E-state index contributed by atoms with van der Waals surface area (Å²) >= 11 is 5.50. The molecule has 4 rings (SSSR count). The van der Waals surface area contributed by atoms with Crippen LogP contribution in [0.1, 0.15) is 37.8 Å². The zero-order chi connectivity index (χ0) is 33.8. The number of nitrogens with zero attached hydrogens (tertiary/aromatic N) is 4. The number of nitriles is 1. The van der Waals surface area contributed by atoms with Crippen LogP contribution >= 0.6 is 12.2 Å². The Kier molecular flexibility index (Phi) is 10.2. The number of halogens is 5. The molecule has 0 aliphatic carbocycles. The fourth-order valence-corrected chi connectivity index (χ4v) is 5.39. The quantitative estimate of drug-likeness (QED) is 0.0968. The Labute approximate surface area is 266 Å². The van der Waals surface area contributed by atoms with Crippen molar-refractivity contribution in [1.82, 2.24) is 4.98 Å². The number of hydrogen-bond donors (Lipinski definition) is 0. The number of pyridine rings is 1. The number of benzene rings is 2. The predicted molar refractivity (Wildman–Crippen MR) is 161 cm³/mol. The van der Waals surface area contributed by atoms with Crippen molar-refractivity contribution in [3.8, 4) is 28.8 Å².